The van der Waals surface area contributed by atoms with Gasteiger partial charge in [-0.15, -0.1) is 0 Å². The Labute approximate surface area is 199 Å². The minimum atomic E-state index is -0.463. The lowest BCUT2D eigenvalue weighted by Gasteiger charge is -2.14. The molecule has 32 heavy (non-hydrogen) atoms. The number of ether oxygens (including phenoxy) is 2. The van der Waals surface area contributed by atoms with Gasteiger partial charge < -0.3 is 9.47 Å². The Balaban J connectivity index is 1.73. The van der Waals surface area contributed by atoms with Gasteiger partial charge in [0.1, 0.15) is 6.61 Å². The Morgan fingerprint density at radius 3 is 2.41 bits per heavy atom. The van der Waals surface area contributed by atoms with Crippen molar-refractivity contribution in [1.29, 1.82) is 0 Å². The van der Waals surface area contributed by atoms with Crippen molar-refractivity contribution in [3.8, 4) is 11.5 Å². The van der Waals surface area contributed by atoms with Crippen LogP contribution in [0, 0.1) is 10.1 Å². The normalized spacial score (nSPS) is 10.9. The number of rotatable bonds is 9. The summed E-state index contributed by atoms with van der Waals surface area (Å²) < 4.78 is 11.6. The molecule has 3 rings (SSSR count). The van der Waals surface area contributed by atoms with E-state index in [0.717, 1.165) is 5.56 Å². The highest BCUT2D eigenvalue weighted by molar-refractivity contribution is 6.42. The molecule has 0 atom stereocenters. The monoisotopic (exact) mass is 493 g/mol. The number of hydrogen-bond donors (Lipinski definition) is 1. The number of hydrogen-bond acceptors (Lipinski definition) is 6. The van der Waals surface area contributed by atoms with Crippen molar-refractivity contribution in [2.24, 2.45) is 5.10 Å². The Morgan fingerprint density at radius 1 is 1.00 bits per heavy atom. The lowest BCUT2D eigenvalue weighted by atomic mass is 10.2. The number of hydrazone groups is 1. The molecule has 0 aliphatic rings. The molecule has 0 aromatic heterocycles. The second-order valence-electron chi connectivity index (χ2n) is 6.47. The lowest BCUT2D eigenvalue weighted by Crippen LogP contribution is -2.02. The molecule has 0 bridgehead atoms. The van der Waals surface area contributed by atoms with Gasteiger partial charge in [-0.3, -0.25) is 15.5 Å². The first-order chi connectivity index (χ1) is 15.4. The smallest absolute Gasteiger partial charge is 0.269 e. The zero-order valence-corrected chi connectivity index (χ0v) is 19.1. The van der Waals surface area contributed by atoms with Crippen LogP contribution in [0.4, 0.5) is 11.4 Å². The molecule has 0 fully saturated rings. The van der Waals surface area contributed by atoms with Gasteiger partial charge >= 0.3 is 0 Å². The Kier molecular flexibility index (Phi) is 8.16. The third-order valence-corrected chi connectivity index (χ3v) is 5.20. The third kappa shape index (κ3) is 6.26. The van der Waals surface area contributed by atoms with Crippen molar-refractivity contribution < 1.29 is 14.4 Å². The van der Waals surface area contributed by atoms with Crippen molar-refractivity contribution in [2.75, 3.05) is 12.0 Å². The van der Waals surface area contributed by atoms with Crippen LogP contribution >= 0.6 is 34.8 Å². The first-order valence-electron chi connectivity index (χ1n) is 9.44. The highest BCUT2D eigenvalue weighted by Gasteiger charge is 2.13. The van der Waals surface area contributed by atoms with Gasteiger partial charge in [0.2, 0.25) is 0 Å². The maximum atomic E-state index is 10.7. The molecule has 0 aliphatic heterocycles. The molecule has 1 N–H and O–H groups in total. The first-order valence-corrected chi connectivity index (χ1v) is 10.6. The average molecular weight is 495 g/mol. The second-order valence-corrected chi connectivity index (χ2v) is 7.70. The number of benzene rings is 3. The van der Waals surface area contributed by atoms with Crippen LogP contribution in [0.25, 0.3) is 0 Å². The van der Waals surface area contributed by atoms with Crippen molar-refractivity contribution in [3.05, 3.63) is 90.9 Å². The molecule has 7 nitrogen and oxygen atoms in total. The zero-order valence-electron chi connectivity index (χ0n) is 16.8. The molecule has 0 spiro atoms. The molecule has 0 saturated carbocycles. The van der Waals surface area contributed by atoms with Crippen molar-refractivity contribution in [1.82, 2.24) is 0 Å². The van der Waals surface area contributed by atoms with E-state index in [9.17, 15) is 10.1 Å². The second kappa shape index (κ2) is 11.0. The van der Waals surface area contributed by atoms with Crippen molar-refractivity contribution in [2.45, 2.75) is 13.5 Å². The molecular formula is C22H18Cl3N3O4. The summed E-state index contributed by atoms with van der Waals surface area (Å²) in [5.41, 5.74) is 4.92. The lowest BCUT2D eigenvalue weighted by molar-refractivity contribution is -0.384. The maximum Gasteiger partial charge on any atom is 0.269 e. The van der Waals surface area contributed by atoms with Crippen LogP contribution in [0.1, 0.15) is 18.1 Å². The average Bonchev–Trinajstić information content (AvgIpc) is 2.76. The largest absolute Gasteiger partial charge is 0.490 e. The summed E-state index contributed by atoms with van der Waals surface area (Å²) in [6.45, 7) is 2.50. The molecule has 0 unspecified atom stereocenters. The summed E-state index contributed by atoms with van der Waals surface area (Å²) >= 11 is 18.4. The molecule has 3 aromatic rings. The highest BCUT2D eigenvalue weighted by Crippen LogP contribution is 2.37. The molecular weight excluding hydrogens is 477 g/mol. The van der Waals surface area contributed by atoms with Crippen LogP contribution in [0.3, 0.4) is 0 Å². The van der Waals surface area contributed by atoms with Crippen LogP contribution in [0.5, 0.6) is 11.5 Å². The summed E-state index contributed by atoms with van der Waals surface area (Å²) in [6, 6.07) is 14.6. The van der Waals surface area contributed by atoms with E-state index in [-0.39, 0.29) is 12.3 Å². The first kappa shape index (κ1) is 23.7. The van der Waals surface area contributed by atoms with E-state index in [2.05, 4.69) is 10.5 Å². The topological polar surface area (TPSA) is 86.0 Å². The predicted octanol–water partition coefficient (Wildman–Crippen LogP) is 6.98. The van der Waals surface area contributed by atoms with Gasteiger partial charge in [-0.25, -0.2) is 0 Å². The van der Waals surface area contributed by atoms with E-state index in [0.29, 0.717) is 44.4 Å². The number of non-ortho nitro benzene ring substituents is 1. The number of nitro groups is 1. The molecule has 166 valence electrons. The van der Waals surface area contributed by atoms with Gasteiger partial charge in [0.15, 0.2) is 11.5 Å². The SMILES string of the molecule is CCOc1cc(/C=N\Nc2ccc([N+](=O)[O-])cc2)cc(Cl)c1OCc1ccc(Cl)c(Cl)c1. The maximum absolute atomic E-state index is 10.7. The fourth-order valence-electron chi connectivity index (χ4n) is 2.69. The molecule has 10 heteroatoms. The van der Waals surface area contributed by atoms with Crippen molar-refractivity contribution in [3.63, 3.8) is 0 Å². The number of nitro benzene ring substituents is 1. The van der Waals surface area contributed by atoms with Crippen LogP contribution in [-0.2, 0) is 6.61 Å². The molecule has 0 heterocycles. The standard InChI is InChI=1S/C22H18Cl3N3O4/c1-2-31-21-11-15(12-26-27-16-4-6-17(7-5-16)28(29)30)10-20(25)22(21)32-13-14-3-8-18(23)19(24)9-14/h3-12,27H,2,13H2,1H3/b26-12-. The number of anilines is 1. The number of nitrogens with zero attached hydrogens (tertiary/aromatic N) is 2. The summed E-state index contributed by atoms with van der Waals surface area (Å²) in [7, 11) is 0. The van der Waals surface area contributed by atoms with Gasteiger partial charge in [0.25, 0.3) is 5.69 Å². The summed E-state index contributed by atoms with van der Waals surface area (Å²) in [6.07, 6.45) is 1.55. The van der Waals surface area contributed by atoms with Crippen LogP contribution in [0.2, 0.25) is 15.1 Å². The molecule has 0 saturated heterocycles. The van der Waals surface area contributed by atoms with E-state index in [1.165, 1.54) is 12.1 Å². The van der Waals surface area contributed by atoms with Crippen LogP contribution in [-0.4, -0.2) is 17.7 Å². The minimum Gasteiger partial charge on any atom is -0.490 e. The van der Waals surface area contributed by atoms with Crippen molar-refractivity contribution >= 4 is 52.4 Å². The number of halogens is 3. The van der Waals surface area contributed by atoms with Gasteiger partial charge in [0, 0.05) is 12.1 Å². The molecule has 3 aromatic carbocycles. The van der Waals surface area contributed by atoms with E-state index in [1.807, 2.05) is 13.0 Å². The van der Waals surface area contributed by atoms with Gasteiger partial charge in [-0.1, -0.05) is 40.9 Å². The third-order valence-electron chi connectivity index (χ3n) is 4.18. The molecule has 0 radical (unpaired) electrons. The van der Waals surface area contributed by atoms with Gasteiger partial charge in [0.05, 0.1) is 38.5 Å². The van der Waals surface area contributed by atoms with E-state index in [4.69, 9.17) is 44.3 Å². The fraction of sp³-hybridized carbons (Fsp3) is 0.136. The number of nitrogens with one attached hydrogen (secondary N) is 1. The molecule has 0 amide bonds. The van der Waals surface area contributed by atoms with Crippen LogP contribution < -0.4 is 14.9 Å². The highest BCUT2D eigenvalue weighted by atomic mass is 35.5. The van der Waals surface area contributed by atoms with Gasteiger partial charge in [-0.2, -0.15) is 5.10 Å². The summed E-state index contributed by atoms with van der Waals surface area (Å²) in [5.74, 6) is 0.872. The predicted molar refractivity (Wildman–Crippen MR) is 128 cm³/mol. The summed E-state index contributed by atoms with van der Waals surface area (Å²) in [4.78, 5) is 10.3. The van der Waals surface area contributed by atoms with Gasteiger partial charge in [-0.05, 0) is 54.4 Å². The Hall–Kier alpha value is -3.00. The fourth-order valence-corrected chi connectivity index (χ4v) is 3.28. The minimum absolute atomic E-state index is 0.00382. The zero-order chi connectivity index (χ0) is 23.1. The molecule has 0 aliphatic carbocycles. The van der Waals surface area contributed by atoms with Crippen LogP contribution in [0.15, 0.2) is 59.7 Å². The Morgan fingerprint density at radius 2 is 1.75 bits per heavy atom. The van der Waals surface area contributed by atoms with E-state index < -0.39 is 4.92 Å². The quantitative estimate of drug-likeness (QED) is 0.197. The van der Waals surface area contributed by atoms with E-state index >= 15 is 0 Å². The summed E-state index contributed by atoms with van der Waals surface area (Å²) in [5, 5.41) is 16.1. The van der Waals surface area contributed by atoms with E-state index in [1.54, 1.807) is 42.6 Å². The Bertz CT molecular complexity index is 1140.